The molecule has 3 aromatic rings. The minimum absolute atomic E-state index is 0.218. The summed E-state index contributed by atoms with van der Waals surface area (Å²) in [5.41, 5.74) is 1.36. The molecule has 2 aliphatic rings. The van der Waals surface area contributed by atoms with Gasteiger partial charge in [0.2, 0.25) is 0 Å². The normalized spacial score (nSPS) is 16.9. The molecule has 0 N–H and O–H groups in total. The van der Waals surface area contributed by atoms with Crippen LogP contribution in [0, 0.1) is 0 Å². The van der Waals surface area contributed by atoms with Crippen LogP contribution in [0.4, 0.5) is 5.82 Å². The molecule has 8 heteroatoms. The number of hydrogen-bond donors (Lipinski definition) is 0. The van der Waals surface area contributed by atoms with Gasteiger partial charge in [0, 0.05) is 37.5 Å². The van der Waals surface area contributed by atoms with E-state index in [1.807, 2.05) is 30.3 Å². The third-order valence-electron chi connectivity index (χ3n) is 6.62. The van der Waals surface area contributed by atoms with Gasteiger partial charge in [-0.1, -0.05) is 37.3 Å². The Kier molecular flexibility index (Phi) is 6.13. The second-order valence-corrected chi connectivity index (χ2v) is 8.52. The fourth-order valence-electron chi connectivity index (χ4n) is 4.74. The number of ether oxygens (including phenoxy) is 3. The topological polar surface area (TPSA) is 81.2 Å². The molecule has 0 amide bonds. The average Bonchev–Trinajstić information content (AvgIpc) is 3.02. The molecule has 0 bridgehead atoms. The number of carbonyl (C=O) groups excluding carboxylic acids is 2. The van der Waals surface area contributed by atoms with Crippen molar-refractivity contribution in [2.75, 3.05) is 44.7 Å². The van der Waals surface area contributed by atoms with Gasteiger partial charge in [0.15, 0.2) is 5.75 Å². The van der Waals surface area contributed by atoms with Crippen LogP contribution in [0.15, 0.2) is 55.1 Å². The first-order valence-corrected chi connectivity index (χ1v) is 11.7. The number of esters is 2. The first kappa shape index (κ1) is 22.9. The van der Waals surface area contributed by atoms with Crippen molar-refractivity contribution in [1.29, 1.82) is 0 Å². The van der Waals surface area contributed by atoms with E-state index in [4.69, 9.17) is 19.2 Å². The Hall–Kier alpha value is -3.91. The van der Waals surface area contributed by atoms with E-state index >= 15 is 0 Å². The largest absolute Gasteiger partial charge is 0.497 e. The number of rotatable bonds is 6. The number of carbonyl (C=O) groups is 2. The Bertz CT molecular complexity index is 1310. The molecule has 180 valence electrons. The Labute approximate surface area is 203 Å². The first-order chi connectivity index (χ1) is 17.0. The molecule has 5 rings (SSSR count). The van der Waals surface area contributed by atoms with E-state index in [0.29, 0.717) is 16.8 Å². The number of allylic oxidation sites excluding steroid dienone is 1. The molecular formula is C27H27N3O5. The van der Waals surface area contributed by atoms with Gasteiger partial charge in [-0.3, -0.25) is 0 Å². The Morgan fingerprint density at radius 2 is 1.83 bits per heavy atom. The van der Waals surface area contributed by atoms with Crippen molar-refractivity contribution in [1.82, 2.24) is 9.88 Å². The lowest BCUT2D eigenvalue weighted by molar-refractivity contribution is -0.155. The van der Waals surface area contributed by atoms with Crippen LogP contribution in [0.5, 0.6) is 17.2 Å². The molecule has 1 saturated heterocycles. The number of anilines is 1. The van der Waals surface area contributed by atoms with E-state index in [9.17, 15) is 9.59 Å². The highest BCUT2D eigenvalue weighted by atomic mass is 16.6. The molecule has 1 unspecified atom stereocenters. The SMILES string of the molecule is C=CC(c1cccc(OC)c1)c1nc(N2CCN(CC)CC2)c2cccc3c2c1OC(=O)C(=O)O3. The van der Waals surface area contributed by atoms with Gasteiger partial charge in [-0.2, -0.15) is 0 Å². The Balaban J connectivity index is 1.75. The molecule has 1 atom stereocenters. The first-order valence-electron chi connectivity index (χ1n) is 11.7. The summed E-state index contributed by atoms with van der Waals surface area (Å²) < 4.78 is 16.5. The van der Waals surface area contributed by atoms with Crippen LogP contribution in [0.3, 0.4) is 0 Å². The van der Waals surface area contributed by atoms with Crippen molar-refractivity contribution < 1.29 is 23.8 Å². The van der Waals surface area contributed by atoms with E-state index in [0.717, 1.165) is 49.5 Å². The minimum atomic E-state index is -1.08. The fraction of sp³-hybridized carbons (Fsp3) is 0.296. The third-order valence-corrected chi connectivity index (χ3v) is 6.62. The Morgan fingerprint density at radius 1 is 1.09 bits per heavy atom. The molecule has 0 saturated carbocycles. The maximum atomic E-state index is 12.5. The van der Waals surface area contributed by atoms with E-state index in [2.05, 4.69) is 23.3 Å². The quantitative estimate of drug-likeness (QED) is 0.233. The molecule has 2 aromatic carbocycles. The predicted molar refractivity (Wildman–Crippen MR) is 132 cm³/mol. The van der Waals surface area contributed by atoms with Crippen molar-refractivity contribution in [3.8, 4) is 17.2 Å². The van der Waals surface area contributed by atoms with Crippen LogP contribution >= 0.6 is 0 Å². The highest BCUT2D eigenvalue weighted by molar-refractivity contribution is 6.32. The van der Waals surface area contributed by atoms with Crippen molar-refractivity contribution in [2.24, 2.45) is 0 Å². The summed E-state index contributed by atoms with van der Waals surface area (Å²) in [6.45, 7) is 10.6. The molecule has 1 aromatic heterocycles. The molecule has 0 spiro atoms. The lowest BCUT2D eigenvalue weighted by atomic mass is 9.92. The van der Waals surface area contributed by atoms with Crippen LogP contribution in [0.2, 0.25) is 0 Å². The van der Waals surface area contributed by atoms with Gasteiger partial charge < -0.3 is 24.0 Å². The highest BCUT2D eigenvalue weighted by Crippen LogP contribution is 2.45. The summed E-state index contributed by atoms with van der Waals surface area (Å²) >= 11 is 0. The molecule has 2 aliphatic heterocycles. The average molecular weight is 474 g/mol. The lowest BCUT2D eigenvalue weighted by Crippen LogP contribution is -2.46. The maximum absolute atomic E-state index is 12.5. The van der Waals surface area contributed by atoms with E-state index < -0.39 is 17.9 Å². The third kappa shape index (κ3) is 4.10. The smallest absolute Gasteiger partial charge is 0.423 e. The molecule has 8 nitrogen and oxygen atoms in total. The van der Waals surface area contributed by atoms with E-state index in [1.165, 1.54) is 0 Å². The van der Waals surface area contributed by atoms with Crippen LogP contribution in [0.25, 0.3) is 10.8 Å². The highest BCUT2D eigenvalue weighted by Gasteiger charge is 2.33. The molecule has 0 aliphatic carbocycles. The fourth-order valence-corrected chi connectivity index (χ4v) is 4.74. The van der Waals surface area contributed by atoms with Gasteiger partial charge in [0.1, 0.15) is 17.3 Å². The van der Waals surface area contributed by atoms with Crippen LogP contribution in [-0.2, 0) is 9.59 Å². The van der Waals surface area contributed by atoms with Gasteiger partial charge in [-0.15, -0.1) is 6.58 Å². The Morgan fingerprint density at radius 3 is 2.54 bits per heavy atom. The summed E-state index contributed by atoms with van der Waals surface area (Å²) in [4.78, 5) is 34.5. The maximum Gasteiger partial charge on any atom is 0.423 e. The zero-order chi connectivity index (χ0) is 24.5. The van der Waals surface area contributed by atoms with Gasteiger partial charge in [-0.25, -0.2) is 14.6 Å². The number of piperazine rings is 1. The lowest BCUT2D eigenvalue weighted by Gasteiger charge is -2.36. The summed E-state index contributed by atoms with van der Waals surface area (Å²) in [5, 5.41) is 1.32. The van der Waals surface area contributed by atoms with Crippen LogP contribution in [0.1, 0.15) is 24.1 Å². The van der Waals surface area contributed by atoms with Crippen molar-refractivity contribution in [2.45, 2.75) is 12.8 Å². The zero-order valence-corrected chi connectivity index (χ0v) is 19.8. The molecule has 0 radical (unpaired) electrons. The van der Waals surface area contributed by atoms with Crippen molar-refractivity contribution >= 4 is 28.5 Å². The van der Waals surface area contributed by atoms with Crippen molar-refractivity contribution in [3.05, 3.63) is 66.4 Å². The second-order valence-electron chi connectivity index (χ2n) is 8.52. The van der Waals surface area contributed by atoms with Crippen molar-refractivity contribution in [3.63, 3.8) is 0 Å². The summed E-state index contributed by atoms with van der Waals surface area (Å²) in [7, 11) is 1.61. The summed E-state index contributed by atoms with van der Waals surface area (Å²) in [6, 6.07) is 13.0. The molecule has 3 heterocycles. The minimum Gasteiger partial charge on any atom is -0.497 e. The predicted octanol–water partition coefficient (Wildman–Crippen LogP) is 3.53. The van der Waals surface area contributed by atoms with Gasteiger partial charge >= 0.3 is 11.9 Å². The van der Waals surface area contributed by atoms with Gasteiger partial charge in [-0.05, 0) is 30.3 Å². The van der Waals surface area contributed by atoms with E-state index in [-0.39, 0.29) is 11.5 Å². The summed E-state index contributed by atoms with van der Waals surface area (Å²) in [6.07, 6.45) is 1.75. The molecule has 1 fully saturated rings. The second kappa shape index (κ2) is 9.38. The molecular weight excluding hydrogens is 446 g/mol. The number of methoxy groups -OCH3 is 1. The van der Waals surface area contributed by atoms with Crippen LogP contribution in [-0.4, -0.2) is 61.7 Å². The standard InChI is InChI=1S/C27H27N3O5/c1-4-19(17-8-6-9-18(16-17)33-3)23-24-22-20(10-7-11-21(22)34-26(31)27(32)35-24)25(28-23)30-14-12-29(5-2)13-15-30/h4,6-11,16,19H,1,5,12-15H2,2-3H3. The zero-order valence-electron chi connectivity index (χ0n) is 19.8. The number of nitrogens with zero attached hydrogens (tertiary/aromatic N) is 3. The number of aromatic nitrogens is 1. The van der Waals surface area contributed by atoms with Crippen LogP contribution < -0.4 is 19.1 Å². The summed E-state index contributed by atoms with van der Waals surface area (Å²) in [5.74, 6) is -0.617. The number of pyridine rings is 1. The van der Waals surface area contributed by atoms with Gasteiger partial charge in [0.05, 0.1) is 18.2 Å². The number of benzene rings is 2. The van der Waals surface area contributed by atoms with E-state index in [1.54, 1.807) is 25.3 Å². The van der Waals surface area contributed by atoms with Gasteiger partial charge in [0.25, 0.3) is 0 Å². The number of likely N-dealkylation sites (N-methyl/N-ethyl adjacent to an activating group) is 1. The number of hydrogen-bond acceptors (Lipinski definition) is 8. The monoisotopic (exact) mass is 473 g/mol. The molecule has 35 heavy (non-hydrogen) atoms.